The Morgan fingerprint density at radius 2 is 1.89 bits per heavy atom. The Labute approximate surface area is 119 Å². The van der Waals surface area contributed by atoms with Gasteiger partial charge in [-0.1, -0.05) is 55.8 Å². The third-order valence-corrected chi connectivity index (χ3v) is 3.18. The van der Waals surface area contributed by atoms with Crippen molar-refractivity contribution in [1.82, 2.24) is 9.97 Å². The molecule has 4 heteroatoms. The molecule has 0 aliphatic heterocycles. The van der Waals surface area contributed by atoms with Crippen molar-refractivity contribution in [1.29, 1.82) is 0 Å². The molecule has 0 saturated heterocycles. The van der Waals surface area contributed by atoms with Crippen molar-refractivity contribution in [3.63, 3.8) is 0 Å². The van der Waals surface area contributed by atoms with Crippen molar-refractivity contribution in [2.75, 3.05) is 5.32 Å². The van der Waals surface area contributed by atoms with Crippen molar-refractivity contribution in [2.45, 2.75) is 32.7 Å². The maximum atomic E-state index is 6.01. The average molecular weight is 276 g/mol. The Kier molecular flexibility index (Phi) is 4.74. The van der Waals surface area contributed by atoms with Crippen LogP contribution < -0.4 is 5.32 Å². The molecule has 0 saturated carbocycles. The van der Waals surface area contributed by atoms with E-state index in [0.717, 1.165) is 24.5 Å². The second-order valence-electron chi connectivity index (χ2n) is 4.36. The summed E-state index contributed by atoms with van der Waals surface area (Å²) in [6.07, 6.45) is 1.75. The topological polar surface area (TPSA) is 37.8 Å². The SMILES string of the molecule is CCc1nc(Cl)cc(NC(CC)c2ccccc2)n1. The lowest BCUT2D eigenvalue weighted by Gasteiger charge is -2.18. The minimum absolute atomic E-state index is 0.233. The van der Waals surface area contributed by atoms with E-state index in [9.17, 15) is 0 Å². The number of nitrogens with zero attached hydrogens (tertiary/aromatic N) is 2. The van der Waals surface area contributed by atoms with E-state index in [1.807, 2.05) is 25.1 Å². The highest BCUT2D eigenvalue weighted by Gasteiger charge is 2.10. The zero-order valence-electron chi connectivity index (χ0n) is 11.2. The summed E-state index contributed by atoms with van der Waals surface area (Å²) in [5, 5.41) is 3.91. The van der Waals surface area contributed by atoms with Crippen LogP contribution >= 0.6 is 11.6 Å². The van der Waals surface area contributed by atoms with Crippen LogP contribution in [0, 0.1) is 0 Å². The summed E-state index contributed by atoms with van der Waals surface area (Å²) in [5.74, 6) is 1.55. The summed E-state index contributed by atoms with van der Waals surface area (Å²) >= 11 is 6.01. The largest absolute Gasteiger partial charge is 0.363 e. The van der Waals surface area contributed by atoms with Crippen molar-refractivity contribution < 1.29 is 0 Å². The summed E-state index contributed by atoms with van der Waals surface area (Å²) < 4.78 is 0. The zero-order valence-corrected chi connectivity index (χ0v) is 12.0. The van der Waals surface area contributed by atoms with E-state index in [0.29, 0.717) is 5.15 Å². The molecule has 0 fully saturated rings. The first-order valence-electron chi connectivity index (χ1n) is 6.57. The maximum Gasteiger partial charge on any atom is 0.134 e. The van der Waals surface area contributed by atoms with Crippen LogP contribution in [0.15, 0.2) is 36.4 Å². The van der Waals surface area contributed by atoms with Crippen LogP contribution in [0.3, 0.4) is 0 Å². The van der Waals surface area contributed by atoms with Crippen LogP contribution in [0.25, 0.3) is 0 Å². The second-order valence-corrected chi connectivity index (χ2v) is 4.75. The molecule has 100 valence electrons. The lowest BCUT2D eigenvalue weighted by Crippen LogP contribution is -2.11. The van der Waals surface area contributed by atoms with Gasteiger partial charge in [-0.2, -0.15) is 0 Å². The molecule has 19 heavy (non-hydrogen) atoms. The van der Waals surface area contributed by atoms with Gasteiger partial charge in [0.25, 0.3) is 0 Å². The third-order valence-electron chi connectivity index (χ3n) is 2.99. The van der Waals surface area contributed by atoms with E-state index >= 15 is 0 Å². The number of aryl methyl sites for hydroxylation is 1. The van der Waals surface area contributed by atoms with Gasteiger partial charge in [-0.05, 0) is 12.0 Å². The van der Waals surface area contributed by atoms with Gasteiger partial charge in [-0.3, -0.25) is 0 Å². The predicted molar refractivity (Wildman–Crippen MR) is 79.5 cm³/mol. The fraction of sp³-hybridized carbons (Fsp3) is 0.333. The molecule has 1 heterocycles. The molecule has 0 spiro atoms. The summed E-state index contributed by atoms with van der Waals surface area (Å²) in [6.45, 7) is 4.16. The van der Waals surface area contributed by atoms with Gasteiger partial charge in [0.1, 0.15) is 16.8 Å². The van der Waals surface area contributed by atoms with Gasteiger partial charge >= 0.3 is 0 Å². The monoisotopic (exact) mass is 275 g/mol. The van der Waals surface area contributed by atoms with E-state index < -0.39 is 0 Å². The molecule has 2 rings (SSSR count). The first-order valence-corrected chi connectivity index (χ1v) is 6.95. The van der Waals surface area contributed by atoms with E-state index in [1.54, 1.807) is 6.07 Å². The molecular formula is C15H18ClN3. The van der Waals surface area contributed by atoms with Crippen molar-refractivity contribution in [2.24, 2.45) is 0 Å². The van der Waals surface area contributed by atoms with Crippen LogP contribution in [0.5, 0.6) is 0 Å². The Bertz CT molecular complexity index is 528. The fourth-order valence-electron chi connectivity index (χ4n) is 1.98. The van der Waals surface area contributed by atoms with Crippen molar-refractivity contribution in [3.05, 3.63) is 52.9 Å². The van der Waals surface area contributed by atoms with E-state index in [1.165, 1.54) is 5.56 Å². The number of nitrogens with one attached hydrogen (secondary N) is 1. The van der Waals surface area contributed by atoms with E-state index in [4.69, 9.17) is 11.6 Å². The number of hydrogen-bond donors (Lipinski definition) is 1. The molecule has 2 aromatic rings. The first kappa shape index (κ1) is 13.8. The number of hydrogen-bond acceptors (Lipinski definition) is 3. The maximum absolute atomic E-state index is 6.01. The van der Waals surface area contributed by atoms with Crippen LogP contribution in [0.1, 0.15) is 37.7 Å². The molecule has 0 amide bonds. The molecule has 0 aliphatic carbocycles. The van der Waals surface area contributed by atoms with Gasteiger partial charge in [0.15, 0.2) is 0 Å². The minimum atomic E-state index is 0.233. The quantitative estimate of drug-likeness (QED) is 0.829. The Balaban J connectivity index is 2.21. The van der Waals surface area contributed by atoms with Crippen LogP contribution in [0.4, 0.5) is 5.82 Å². The number of anilines is 1. The van der Waals surface area contributed by atoms with Crippen molar-refractivity contribution in [3.8, 4) is 0 Å². The molecule has 1 aromatic heterocycles. The molecule has 0 bridgehead atoms. The lowest BCUT2D eigenvalue weighted by molar-refractivity contribution is 0.741. The normalized spacial score (nSPS) is 12.2. The van der Waals surface area contributed by atoms with Crippen LogP contribution in [0.2, 0.25) is 5.15 Å². The highest BCUT2D eigenvalue weighted by atomic mass is 35.5. The smallest absolute Gasteiger partial charge is 0.134 e. The third kappa shape index (κ3) is 3.67. The van der Waals surface area contributed by atoms with Gasteiger partial charge in [0.05, 0.1) is 6.04 Å². The molecular weight excluding hydrogens is 258 g/mol. The van der Waals surface area contributed by atoms with Crippen LogP contribution in [-0.4, -0.2) is 9.97 Å². The Morgan fingerprint density at radius 1 is 1.16 bits per heavy atom. The number of benzene rings is 1. The van der Waals surface area contributed by atoms with Gasteiger partial charge in [-0.25, -0.2) is 9.97 Å². The predicted octanol–water partition coefficient (Wildman–Crippen LogP) is 4.26. The van der Waals surface area contributed by atoms with E-state index in [-0.39, 0.29) is 6.04 Å². The summed E-state index contributed by atoms with van der Waals surface area (Å²) in [7, 11) is 0. The first-order chi connectivity index (χ1) is 9.22. The number of rotatable bonds is 5. The molecule has 0 aliphatic rings. The molecule has 1 atom stereocenters. The summed E-state index contributed by atoms with van der Waals surface area (Å²) in [4.78, 5) is 8.63. The fourth-order valence-corrected chi connectivity index (χ4v) is 2.18. The van der Waals surface area contributed by atoms with Crippen LogP contribution in [-0.2, 0) is 6.42 Å². The van der Waals surface area contributed by atoms with Gasteiger partial charge in [-0.15, -0.1) is 0 Å². The molecule has 1 aromatic carbocycles. The number of aromatic nitrogens is 2. The number of halogens is 1. The van der Waals surface area contributed by atoms with Crippen molar-refractivity contribution >= 4 is 17.4 Å². The van der Waals surface area contributed by atoms with Gasteiger partial charge in [0, 0.05) is 12.5 Å². The van der Waals surface area contributed by atoms with E-state index in [2.05, 4.69) is 34.3 Å². The Hall–Kier alpha value is -1.61. The average Bonchev–Trinajstić information content (AvgIpc) is 2.45. The standard InChI is InChI=1S/C15H18ClN3/c1-3-12(11-8-6-5-7-9-11)17-15-10-13(16)18-14(4-2)19-15/h5-10,12H,3-4H2,1-2H3,(H,17,18,19). The molecule has 1 unspecified atom stereocenters. The summed E-state index contributed by atoms with van der Waals surface area (Å²) in [6, 6.07) is 12.3. The molecule has 1 N–H and O–H groups in total. The Morgan fingerprint density at radius 3 is 2.53 bits per heavy atom. The highest BCUT2D eigenvalue weighted by molar-refractivity contribution is 6.29. The minimum Gasteiger partial charge on any atom is -0.363 e. The van der Waals surface area contributed by atoms with Gasteiger partial charge < -0.3 is 5.32 Å². The van der Waals surface area contributed by atoms with Gasteiger partial charge in [0.2, 0.25) is 0 Å². The zero-order chi connectivity index (χ0) is 13.7. The summed E-state index contributed by atoms with van der Waals surface area (Å²) in [5.41, 5.74) is 1.25. The lowest BCUT2D eigenvalue weighted by atomic mass is 10.0. The highest BCUT2D eigenvalue weighted by Crippen LogP contribution is 2.22. The molecule has 0 radical (unpaired) electrons. The molecule has 3 nitrogen and oxygen atoms in total. The second kappa shape index (κ2) is 6.53.